The molecule has 0 radical (unpaired) electrons. The molecule has 0 bridgehead atoms. The first kappa shape index (κ1) is 25.3. The lowest BCUT2D eigenvalue weighted by molar-refractivity contribution is -0.120. The van der Waals surface area contributed by atoms with Crippen LogP contribution in [0.25, 0.3) is 0 Å². The van der Waals surface area contributed by atoms with Gasteiger partial charge in [0.1, 0.15) is 0 Å². The third-order valence-corrected chi connectivity index (χ3v) is 8.03. The van der Waals surface area contributed by atoms with E-state index >= 15 is 0 Å². The first-order valence-corrected chi connectivity index (χ1v) is 13.3. The predicted octanol–water partition coefficient (Wildman–Crippen LogP) is 4.43. The summed E-state index contributed by atoms with van der Waals surface area (Å²) in [6, 6.07) is 11.1. The number of amides is 2. The molecule has 5 rings (SSSR count). The molecule has 7 nitrogen and oxygen atoms in total. The highest BCUT2D eigenvalue weighted by atomic mass is 35.5. The van der Waals surface area contributed by atoms with Crippen molar-refractivity contribution >= 4 is 40.7 Å². The van der Waals surface area contributed by atoms with Gasteiger partial charge in [-0.05, 0) is 69.6 Å². The summed E-state index contributed by atoms with van der Waals surface area (Å²) in [4.78, 5) is 30.7. The fourth-order valence-corrected chi connectivity index (χ4v) is 5.70. The first-order valence-electron chi connectivity index (χ1n) is 12.6. The van der Waals surface area contributed by atoms with Gasteiger partial charge in [0.2, 0.25) is 5.91 Å². The number of likely N-dealkylation sites (tertiary alicyclic amines) is 1. The van der Waals surface area contributed by atoms with E-state index in [1.54, 1.807) is 6.07 Å². The number of nitrogens with zero attached hydrogens (tertiary/aromatic N) is 2. The van der Waals surface area contributed by atoms with Gasteiger partial charge in [-0.2, -0.15) is 0 Å². The van der Waals surface area contributed by atoms with Crippen LogP contribution in [-0.2, 0) is 11.3 Å². The Morgan fingerprint density at radius 2 is 1.89 bits per heavy atom. The monoisotopic (exact) mass is 530 g/mol. The number of piperidine rings is 1. The molecule has 0 saturated carbocycles. The summed E-state index contributed by atoms with van der Waals surface area (Å²) in [5.41, 5.74) is 1.57. The fourth-order valence-electron chi connectivity index (χ4n) is 5.38. The van der Waals surface area contributed by atoms with Crippen LogP contribution in [-0.4, -0.2) is 66.0 Å². The number of hydrogen-bond donors (Lipinski definition) is 2. The molecule has 3 aliphatic rings. The molecule has 2 amide bonds. The van der Waals surface area contributed by atoms with Crippen molar-refractivity contribution in [1.29, 1.82) is 0 Å². The Balaban J connectivity index is 1.39. The maximum absolute atomic E-state index is 13.6. The van der Waals surface area contributed by atoms with Gasteiger partial charge in [-0.1, -0.05) is 35.3 Å². The number of fused-ring (bicyclic) bond motifs is 1. The molecule has 3 heterocycles. The molecule has 0 atom stereocenters. The number of halogens is 2. The van der Waals surface area contributed by atoms with Crippen molar-refractivity contribution < 1.29 is 14.3 Å². The number of carbonyl (C=O) groups excluding carboxylic acids is 2. The van der Waals surface area contributed by atoms with Gasteiger partial charge >= 0.3 is 0 Å². The zero-order valence-corrected chi connectivity index (χ0v) is 22.2. The Kier molecular flexibility index (Phi) is 7.18. The second-order valence-electron chi connectivity index (χ2n) is 10.4. The summed E-state index contributed by atoms with van der Waals surface area (Å²) in [5.74, 6) is 0.338. The molecular formula is C27H32Cl2N4O3. The second-order valence-corrected chi connectivity index (χ2v) is 11.2. The van der Waals surface area contributed by atoms with E-state index in [-0.39, 0.29) is 23.8 Å². The van der Waals surface area contributed by atoms with E-state index in [4.69, 9.17) is 27.9 Å². The molecule has 2 N–H and O–H groups in total. The number of para-hydroxylation sites is 1. The van der Waals surface area contributed by atoms with Crippen molar-refractivity contribution in [3.8, 4) is 5.75 Å². The standard InChI is InChI=1S/C27H32Cl2N4O3/c1-17(2)33-16-27(14-32(15-27)13-18-6-7-21(28)22(29)12-18)36-24-20(26(33)35)4-3-5-23(24)31-25(34)19-8-10-30-11-9-19/h3-7,12,17,19,30H,8-11,13-16H2,1-2H3,(H,31,34). The Morgan fingerprint density at radius 1 is 1.14 bits per heavy atom. The summed E-state index contributed by atoms with van der Waals surface area (Å²) >= 11 is 12.3. The quantitative estimate of drug-likeness (QED) is 0.598. The van der Waals surface area contributed by atoms with Gasteiger partial charge in [-0.25, -0.2) is 0 Å². The number of hydrogen-bond acceptors (Lipinski definition) is 5. The molecular weight excluding hydrogens is 499 g/mol. The van der Waals surface area contributed by atoms with Crippen LogP contribution in [0.15, 0.2) is 36.4 Å². The number of benzene rings is 2. The summed E-state index contributed by atoms with van der Waals surface area (Å²) in [6.45, 7) is 8.20. The minimum atomic E-state index is -0.559. The SMILES string of the molecule is CC(C)N1CC2(CN(Cc3ccc(Cl)c(Cl)c3)C2)Oc2c(NC(=O)C3CCNCC3)cccc2C1=O. The van der Waals surface area contributed by atoms with Gasteiger partial charge in [0.15, 0.2) is 11.4 Å². The average molecular weight is 531 g/mol. The number of ether oxygens (including phenoxy) is 1. The smallest absolute Gasteiger partial charge is 0.258 e. The van der Waals surface area contributed by atoms with Gasteiger partial charge < -0.3 is 20.3 Å². The molecule has 2 saturated heterocycles. The lowest BCUT2D eigenvalue weighted by Crippen LogP contribution is -2.69. The molecule has 9 heteroatoms. The Hall–Kier alpha value is -2.32. The van der Waals surface area contributed by atoms with Crippen molar-refractivity contribution in [3.05, 3.63) is 57.6 Å². The van der Waals surface area contributed by atoms with Crippen molar-refractivity contribution in [2.75, 3.05) is 38.0 Å². The molecule has 2 aromatic carbocycles. The van der Waals surface area contributed by atoms with Crippen molar-refractivity contribution in [2.24, 2.45) is 5.92 Å². The van der Waals surface area contributed by atoms with E-state index in [2.05, 4.69) is 15.5 Å². The molecule has 1 spiro atoms. The third-order valence-electron chi connectivity index (χ3n) is 7.29. The van der Waals surface area contributed by atoms with E-state index in [0.29, 0.717) is 53.2 Å². The summed E-state index contributed by atoms with van der Waals surface area (Å²) in [5, 5.41) is 7.44. The van der Waals surface area contributed by atoms with Crippen LogP contribution in [0.1, 0.15) is 42.6 Å². The Morgan fingerprint density at radius 3 is 2.58 bits per heavy atom. The van der Waals surface area contributed by atoms with E-state index in [1.807, 2.05) is 49.1 Å². The summed E-state index contributed by atoms with van der Waals surface area (Å²) in [7, 11) is 0. The molecule has 3 aliphatic heterocycles. The van der Waals surface area contributed by atoms with Gasteiger partial charge in [-0.15, -0.1) is 0 Å². The minimum absolute atomic E-state index is 0.0148. The topological polar surface area (TPSA) is 73.9 Å². The number of nitrogens with one attached hydrogen (secondary N) is 2. The second kappa shape index (κ2) is 10.2. The van der Waals surface area contributed by atoms with Crippen LogP contribution in [0.5, 0.6) is 5.75 Å². The molecule has 0 aliphatic carbocycles. The van der Waals surface area contributed by atoms with Gasteiger partial charge in [0.05, 0.1) is 27.8 Å². The maximum atomic E-state index is 13.6. The number of carbonyl (C=O) groups is 2. The third kappa shape index (κ3) is 5.07. The fraction of sp³-hybridized carbons (Fsp3) is 0.481. The molecule has 0 aromatic heterocycles. The lowest BCUT2D eigenvalue weighted by atomic mass is 9.92. The van der Waals surface area contributed by atoms with Crippen LogP contribution in [0.4, 0.5) is 5.69 Å². The zero-order valence-electron chi connectivity index (χ0n) is 20.7. The van der Waals surface area contributed by atoms with Crippen molar-refractivity contribution in [1.82, 2.24) is 15.1 Å². The van der Waals surface area contributed by atoms with E-state index in [1.165, 1.54) is 0 Å². The molecule has 192 valence electrons. The largest absolute Gasteiger partial charge is 0.480 e. The van der Waals surface area contributed by atoms with E-state index < -0.39 is 5.60 Å². The van der Waals surface area contributed by atoms with Gasteiger partial charge in [-0.3, -0.25) is 14.5 Å². The van der Waals surface area contributed by atoms with Crippen LogP contribution in [0.2, 0.25) is 10.0 Å². The highest BCUT2D eigenvalue weighted by molar-refractivity contribution is 6.42. The Labute approximate surface area is 222 Å². The van der Waals surface area contributed by atoms with E-state index in [9.17, 15) is 9.59 Å². The summed E-state index contributed by atoms with van der Waals surface area (Å²) in [6.07, 6.45) is 1.60. The van der Waals surface area contributed by atoms with Crippen molar-refractivity contribution in [3.63, 3.8) is 0 Å². The van der Waals surface area contributed by atoms with Crippen LogP contribution >= 0.6 is 23.2 Å². The van der Waals surface area contributed by atoms with Crippen LogP contribution in [0.3, 0.4) is 0 Å². The van der Waals surface area contributed by atoms with Crippen LogP contribution in [0, 0.1) is 5.92 Å². The highest BCUT2D eigenvalue weighted by Crippen LogP contribution is 2.41. The van der Waals surface area contributed by atoms with Crippen molar-refractivity contribution in [2.45, 2.75) is 44.9 Å². The predicted molar refractivity (Wildman–Crippen MR) is 142 cm³/mol. The van der Waals surface area contributed by atoms with Gasteiger partial charge in [0, 0.05) is 31.6 Å². The summed E-state index contributed by atoms with van der Waals surface area (Å²) < 4.78 is 6.68. The normalized spacial score (nSPS) is 20.0. The molecule has 2 fully saturated rings. The average Bonchev–Trinajstić information content (AvgIpc) is 2.97. The van der Waals surface area contributed by atoms with Crippen LogP contribution < -0.4 is 15.4 Å². The first-order chi connectivity index (χ1) is 17.2. The number of anilines is 1. The van der Waals surface area contributed by atoms with E-state index in [0.717, 1.165) is 31.5 Å². The minimum Gasteiger partial charge on any atom is -0.480 e. The Bertz CT molecular complexity index is 1160. The highest BCUT2D eigenvalue weighted by Gasteiger charge is 2.50. The molecule has 0 unspecified atom stereocenters. The molecule has 2 aromatic rings. The lowest BCUT2D eigenvalue weighted by Gasteiger charge is -2.50. The van der Waals surface area contributed by atoms with Gasteiger partial charge in [0.25, 0.3) is 5.91 Å². The maximum Gasteiger partial charge on any atom is 0.258 e. The zero-order chi connectivity index (χ0) is 25.4. The number of rotatable bonds is 5. The molecule has 36 heavy (non-hydrogen) atoms.